The van der Waals surface area contributed by atoms with Gasteiger partial charge in [-0.05, 0) is 48.2 Å². The predicted molar refractivity (Wildman–Crippen MR) is 98.8 cm³/mol. The van der Waals surface area contributed by atoms with Gasteiger partial charge in [0.05, 0.1) is 18.2 Å². The minimum atomic E-state index is 0.0568. The van der Waals surface area contributed by atoms with E-state index < -0.39 is 0 Å². The van der Waals surface area contributed by atoms with Gasteiger partial charge in [-0.2, -0.15) is 5.26 Å². The fourth-order valence-corrected chi connectivity index (χ4v) is 2.67. The Morgan fingerprint density at radius 1 is 1.04 bits per heavy atom. The molecule has 0 saturated carbocycles. The van der Waals surface area contributed by atoms with E-state index >= 15 is 0 Å². The molecule has 0 heterocycles. The third-order valence-corrected chi connectivity index (χ3v) is 4.17. The Bertz CT molecular complexity index is 681. The van der Waals surface area contributed by atoms with E-state index in [0.717, 1.165) is 29.7 Å². The monoisotopic (exact) mass is 322 g/mol. The minimum absolute atomic E-state index is 0.0568. The second-order valence-electron chi connectivity index (χ2n) is 7.04. The normalized spacial score (nSPS) is 12.5. The number of hydrogen-bond donors (Lipinski definition) is 1. The molecule has 2 rings (SSSR count). The molecule has 0 spiro atoms. The lowest BCUT2D eigenvalue weighted by atomic mass is 9.86. The molecule has 3 heteroatoms. The maximum atomic E-state index is 8.86. The van der Waals surface area contributed by atoms with Crippen LogP contribution >= 0.6 is 0 Å². The molecule has 0 aliphatic rings. The highest BCUT2D eigenvalue weighted by Crippen LogP contribution is 2.26. The SMILES string of the molecule is CCC(N)CC(C)(C)COc1ccc(-c2ccc(C#N)cc2)cc1. The standard InChI is InChI=1S/C21H26N2O/c1-4-19(23)13-21(2,3)15-24-20-11-9-18(10-12-20)17-7-5-16(14-22)6-8-17/h5-12,19H,4,13,15,23H2,1-3H3. The minimum Gasteiger partial charge on any atom is -0.493 e. The van der Waals surface area contributed by atoms with E-state index in [0.29, 0.717) is 12.2 Å². The van der Waals surface area contributed by atoms with Gasteiger partial charge in [0.25, 0.3) is 0 Å². The Morgan fingerprint density at radius 2 is 1.58 bits per heavy atom. The molecule has 0 aliphatic heterocycles. The lowest BCUT2D eigenvalue weighted by Gasteiger charge is -2.27. The highest BCUT2D eigenvalue weighted by Gasteiger charge is 2.21. The summed E-state index contributed by atoms with van der Waals surface area (Å²) in [7, 11) is 0. The van der Waals surface area contributed by atoms with Gasteiger partial charge in [0.1, 0.15) is 5.75 Å². The first-order valence-electron chi connectivity index (χ1n) is 8.42. The van der Waals surface area contributed by atoms with E-state index in [1.54, 1.807) is 0 Å². The van der Waals surface area contributed by atoms with Crippen molar-refractivity contribution in [3.05, 3.63) is 54.1 Å². The second kappa shape index (κ2) is 7.99. The van der Waals surface area contributed by atoms with E-state index in [1.165, 1.54) is 0 Å². The van der Waals surface area contributed by atoms with E-state index in [4.69, 9.17) is 15.7 Å². The van der Waals surface area contributed by atoms with Crippen LogP contribution in [0.4, 0.5) is 0 Å². The van der Waals surface area contributed by atoms with Crippen LogP contribution in [0, 0.1) is 16.7 Å². The molecule has 0 radical (unpaired) electrons. The Balaban J connectivity index is 1.98. The largest absolute Gasteiger partial charge is 0.493 e. The van der Waals surface area contributed by atoms with Gasteiger partial charge in [-0.15, -0.1) is 0 Å². The molecule has 0 fully saturated rings. The molecule has 1 unspecified atom stereocenters. The Hall–Kier alpha value is -2.31. The first-order valence-corrected chi connectivity index (χ1v) is 8.42. The summed E-state index contributed by atoms with van der Waals surface area (Å²) in [6.07, 6.45) is 1.94. The zero-order valence-electron chi connectivity index (χ0n) is 14.8. The van der Waals surface area contributed by atoms with E-state index in [1.807, 2.05) is 48.5 Å². The number of nitrogens with zero attached hydrogens (tertiary/aromatic N) is 1. The number of benzene rings is 2. The fraction of sp³-hybridized carbons (Fsp3) is 0.381. The van der Waals surface area contributed by atoms with Crippen LogP contribution < -0.4 is 10.5 Å². The molecule has 0 bridgehead atoms. The maximum Gasteiger partial charge on any atom is 0.119 e. The summed E-state index contributed by atoms with van der Waals surface area (Å²) >= 11 is 0. The van der Waals surface area contributed by atoms with Crippen LogP contribution in [0.5, 0.6) is 5.75 Å². The molecule has 2 N–H and O–H groups in total. The van der Waals surface area contributed by atoms with Gasteiger partial charge in [0, 0.05) is 11.5 Å². The van der Waals surface area contributed by atoms with Crippen molar-refractivity contribution >= 4 is 0 Å². The van der Waals surface area contributed by atoms with E-state index in [-0.39, 0.29) is 11.5 Å². The summed E-state index contributed by atoms with van der Waals surface area (Å²) < 4.78 is 5.94. The molecule has 2 aromatic rings. The van der Waals surface area contributed by atoms with Crippen molar-refractivity contribution in [2.24, 2.45) is 11.1 Å². The molecular formula is C21H26N2O. The van der Waals surface area contributed by atoms with Crippen molar-refractivity contribution in [3.8, 4) is 22.9 Å². The average Bonchev–Trinajstić information content (AvgIpc) is 2.60. The highest BCUT2D eigenvalue weighted by molar-refractivity contribution is 5.64. The van der Waals surface area contributed by atoms with Gasteiger partial charge >= 0.3 is 0 Å². The lowest BCUT2D eigenvalue weighted by molar-refractivity contribution is 0.160. The first kappa shape index (κ1) is 18.0. The highest BCUT2D eigenvalue weighted by atomic mass is 16.5. The van der Waals surface area contributed by atoms with Gasteiger partial charge in [-0.3, -0.25) is 0 Å². The second-order valence-corrected chi connectivity index (χ2v) is 7.04. The Kier molecular flexibility index (Phi) is 6.00. The lowest BCUT2D eigenvalue weighted by Crippen LogP contribution is -2.31. The molecule has 0 saturated heterocycles. The topological polar surface area (TPSA) is 59.0 Å². The number of hydrogen-bond acceptors (Lipinski definition) is 3. The Labute approximate surface area is 145 Å². The number of rotatable bonds is 7. The molecule has 0 aromatic heterocycles. The fourth-order valence-electron chi connectivity index (χ4n) is 2.67. The molecule has 0 amide bonds. The van der Waals surface area contributed by atoms with Crippen LogP contribution in [0.1, 0.15) is 39.2 Å². The zero-order chi connectivity index (χ0) is 17.6. The van der Waals surface area contributed by atoms with E-state index in [2.05, 4.69) is 26.8 Å². The third-order valence-electron chi connectivity index (χ3n) is 4.17. The van der Waals surface area contributed by atoms with Gasteiger partial charge in [-0.1, -0.05) is 45.0 Å². The van der Waals surface area contributed by atoms with Crippen molar-refractivity contribution in [2.45, 2.75) is 39.7 Å². The van der Waals surface area contributed by atoms with Crippen LogP contribution in [-0.2, 0) is 0 Å². The van der Waals surface area contributed by atoms with Crippen molar-refractivity contribution in [1.82, 2.24) is 0 Å². The average molecular weight is 322 g/mol. The van der Waals surface area contributed by atoms with Crippen molar-refractivity contribution < 1.29 is 4.74 Å². The molecular weight excluding hydrogens is 296 g/mol. The quantitative estimate of drug-likeness (QED) is 0.799. The zero-order valence-corrected chi connectivity index (χ0v) is 14.8. The molecule has 2 aromatic carbocycles. The van der Waals surface area contributed by atoms with Gasteiger partial charge in [-0.25, -0.2) is 0 Å². The number of nitrogens with two attached hydrogens (primary N) is 1. The first-order chi connectivity index (χ1) is 11.4. The summed E-state index contributed by atoms with van der Waals surface area (Å²) in [6, 6.07) is 18.0. The number of nitriles is 1. The smallest absolute Gasteiger partial charge is 0.119 e. The number of ether oxygens (including phenoxy) is 1. The summed E-state index contributed by atoms with van der Waals surface area (Å²) in [5.41, 5.74) is 8.99. The predicted octanol–water partition coefficient (Wildman–Crippen LogP) is 4.76. The van der Waals surface area contributed by atoms with Crippen LogP contribution in [0.25, 0.3) is 11.1 Å². The summed E-state index contributed by atoms with van der Waals surface area (Å²) in [6.45, 7) is 7.14. The van der Waals surface area contributed by atoms with Crippen molar-refractivity contribution in [2.75, 3.05) is 6.61 Å². The summed E-state index contributed by atoms with van der Waals surface area (Å²) in [5, 5.41) is 8.86. The van der Waals surface area contributed by atoms with Gasteiger partial charge in [0.2, 0.25) is 0 Å². The Morgan fingerprint density at radius 3 is 2.08 bits per heavy atom. The van der Waals surface area contributed by atoms with Crippen LogP contribution in [0.3, 0.4) is 0 Å². The molecule has 3 nitrogen and oxygen atoms in total. The molecule has 0 aliphatic carbocycles. The van der Waals surface area contributed by atoms with E-state index in [9.17, 15) is 0 Å². The van der Waals surface area contributed by atoms with Crippen LogP contribution in [-0.4, -0.2) is 12.6 Å². The van der Waals surface area contributed by atoms with Gasteiger partial charge in [0.15, 0.2) is 0 Å². The molecule has 1 atom stereocenters. The molecule has 126 valence electrons. The third kappa shape index (κ3) is 5.11. The van der Waals surface area contributed by atoms with Crippen molar-refractivity contribution in [3.63, 3.8) is 0 Å². The van der Waals surface area contributed by atoms with Crippen molar-refractivity contribution in [1.29, 1.82) is 5.26 Å². The summed E-state index contributed by atoms with van der Waals surface area (Å²) in [5.74, 6) is 0.866. The molecule has 24 heavy (non-hydrogen) atoms. The maximum absolute atomic E-state index is 8.86. The van der Waals surface area contributed by atoms with Gasteiger partial charge < -0.3 is 10.5 Å². The van der Waals surface area contributed by atoms with Crippen LogP contribution in [0.2, 0.25) is 0 Å². The van der Waals surface area contributed by atoms with Crippen LogP contribution in [0.15, 0.2) is 48.5 Å². The summed E-state index contributed by atoms with van der Waals surface area (Å²) in [4.78, 5) is 0.